The maximum Gasteiger partial charge on any atom is 0.224 e. The summed E-state index contributed by atoms with van der Waals surface area (Å²) in [5.41, 5.74) is 2.45. The third-order valence-corrected chi connectivity index (χ3v) is 4.00. The lowest BCUT2D eigenvalue weighted by Crippen LogP contribution is -2.30. The number of rotatable bonds is 8. The van der Waals surface area contributed by atoms with Crippen LogP contribution in [0.25, 0.3) is 0 Å². The second-order valence-electron chi connectivity index (χ2n) is 5.00. The van der Waals surface area contributed by atoms with Gasteiger partial charge in [0.05, 0.1) is 0 Å². The topological polar surface area (TPSA) is 32.3 Å². The van der Waals surface area contributed by atoms with Crippen molar-refractivity contribution in [3.8, 4) is 0 Å². The fourth-order valence-corrected chi connectivity index (χ4v) is 2.14. The lowest BCUT2D eigenvalue weighted by Gasteiger charge is -2.20. The van der Waals surface area contributed by atoms with E-state index >= 15 is 0 Å². The number of carbonyl (C=O) groups is 1. The van der Waals surface area contributed by atoms with Crippen molar-refractivity contribution in [1.29, 1.82) is 0 Å². The van der Waals surface area contributed by atoms with Gasteiger partial charge in [-0.25, -0.2) is 0 Å². The molecule has 20 heavy (non-hydrogen) atoms. The summed E-state index contributed by atoms with van der Waals surface area (Å²) < 4.78 is 0. The number of hydrogen-bond acceptors (Lipinski definition) is 2. The Balaban J connectivity index is 2.68. The van der Waals surface area contributed by atoms with Crippen LogP contribution >= 0.6 is 11.6 Å². The second-order valence-corrected chi connectivity index (χ2v) is 5.31. The molecular weight excluding hydrogens is 272 g/mol. The molecule has 1 N–H and O–H groups in total. The van der Waals surface area contributed by atoms with Gasteiger partial charge in [0, 0.05) is 24.9 Å². The molecule has 0 bridgehead atoms. The van der Waals surface area contributed by atoms with Crippen molar-refractivity contribution in [1.82, 2.24) is 10.2 Å². The molecule has 0 spiro atoms. The molecule has 0 aliphatic rings. The second kappa shape index (κ2) is 8.98. The van der Waals surface area contributed by atoms with Crippen molar-refractivity contribution in [3.63, 3.8) is 0 Å². The van der Waals surface area contributed by atoms with Crippen LogP contribution in [0.2, 0.25) is 0 Å². The van der Waals surface area contributed by atoms with E-state index in [1.54, 1.807) is 0 Å². The van der Waals surface area contributed by atoms with E-state index < -0.39 is 0 Å². The first kappa shape index (κ1) is 17.0. The Morgan fingerprint density at radius 2 is 1.85 bits per heavy atom. The van der Waals surface area contributed by atoms with Gasteiger partial charge in [0.25, 0.3) is 0 Å². The average molecular weight is 297 g/mol. The molecule has 0 saturated carbocycles. The van der Waals surface area contributed by atoms with Crippen molar-refractivity contribution in [3.05, 3.63) is 35.4 Å². The molecule has 1 rings (SSSR count). The molecule has 1 aromatic carbocycles. The van der Waals surface area contributed by atoms with E-state index in [0.717, 1.165) is 19.6 Å². The highest BCUT2D eigenvalue weighted by molar-refractivity contribution is 6.19. The van der Waals surface area contributed by atoms with Crippen molar-refractivity contribution in [2.45, 2.75) is 33.9 Å². The maximum absolute atomic E-state index is 11.8. The highest BCUT2D eigenvalue weighted by Gasteiger charge is 2.12. The Morgan fingerprint density at radius 1 is 1.25 bits per heavy atom. The molecule has 4 heteroatoms. The Hall–Kier alpha value is -1.06. The van der Waals surface area contributed by atoms with E-state index in [-0.39, 0.29) is 11.8 Å². The van der Waals surface area contributed by atoms with Gasteiger partial charge in [0.1, 0.15) is 0 Å². The SMILES string of the molecule is CCN(CC)Cc1ccccc1CNC(=O)C(C)CCl. The van der Waals surface area contributed by atoms with Crippen molar-refractivity contribution in [2.75, 3.05) is 19.0 Å². The van der Waals surface area contributed by atoms with Gasteiger partial charge in [-0.3, -0.25) is 9.69 Å². The fraction of sp³-hybridized carbons (Fsp3) is 0.562. The summed E-state index contributed by atoms with van der Waals surface area (Å²) in [4.78, 5) is 14.2. The van der Waals surface area contributed by atoms with E-state index in [0.29, 0.717) is 12.4 Å². The van der Waals surface area contributed by atoms with Crippen LogP contribution in [0.15, 0.2) is 24.3 Å². The summed E-state index contributed by atoms with van der Waals surface area (Å²) in [6.45, 7) is 9.71. The zero-order chi connectivity index (χ0) is 15.0. The Kier molecular flexibility index (Phi) is 7.63. The Bertz CT molecular complexity index is 419. The molecule has 3 nitrogen and oxygen atoms in total. The van der Waals surface area contributed by atoms with Crippen LogP contribution in [0.4, 0.5) is 0 Å². The van der Waals surface area contributed by atoms with Crippen LogP contribution in [0, 0.1) is 5.92 Å². The molecule has 0 aliphatic heterocycles. The van der Waals surface area contributed by atoms with Gasteiger partial charge in [-0.1, -0.05) is 45.0 Å². The number of hydrogen-bond donors (Lipinski definition) is 1. The largest absolute Gasteiger partial charge is 0.352 e. The summed E-state index contributed by atoms with van der Waals surface area (Å²) in [5, 5.41) is 2.96. The normalized spacial score (nSPS) is 12.4. The third kappa shape index (κ3) is 5.14. The summed E-state index contributed by atoms with van der Waals surface area (Å²) in [6, 6.07) is 8.26. The molecule has 0 saturated heterocycles. The number of halogens is 1. The molecule has 0 heterocycles. The molecular formula is C16H25ClN2O. The number of alkyl halides is 1. The molecule has 112 valence electrons. The first-order chi connectivity index (χ1) is 9.62. The van der Waals surface area contributed by atoms with Gasteiger partial charge >= 0.3 is 0 Å². The molecule has 0 radical (unpaired) electrons. The molecule has 0 aromatic heterocycles. The highest BCUT2D eigenvalue weighted by atomic mass is 35.5. The predicted octanol–water partition coefficient (Wildman–Crippen LogP) is 3.02. The Labute approximate surface area is 127 Å². The van der Waals surface area contributed by atoms with Crippen LogP contribution in [-0.4, -0.2) is 29.8 Å². The van der Waals surface area contributed by atoms with Gasteiger partial charge in [-0.05, 0) is 24.2 Å². The lowest BCUT2D eigenvalue weighted by molar-refractivity contribution is -0.124. The fourth-order valence-electron chi connectivity index (χ4n) is 2.00. The third-order valence-electron chi connectivity index (χ3n) is 3.54. The standard InChI is InChI=1S/C16H25ClN2O/c1-4-19(5-2)12-15-9-7-6-8-14(15)11-18-16(20)13(3)10-17/h6-9,13H,4-5,10-12H2,1-3H3,(H,18,20). The van der Waals surface area contributed by atoms with Crippen LogP contribution in [0.5, 0.6) is 0 Å². The summed E-state index contributed by atoms with van der Waals surface area (Å²) in [5.74, 6) is 0.219. The van der Waals surface area contributed by atoms with Crippen LogP contribution < -0.4 is 5.32 Å². The molecule has 1 atom stereocenters. The average Bonchev–Trinajstić information content (AvgIpc) is 2.50. The summed E-state index contributed by atoms with van der Waals surface area (Å²) in [7, 11) is 0. The number of amides is 1. The number of carbonyl (C=O) groups excluding carboxylic acids is 1. The summed E-state index contributed by atoms with van der Waals surface area (Å²) in [6.07, 6.45) is 0. The van der Waals surface area contributed by atoms with Gasteiger partial charge < -0.3 is 5.32 Å². The smallest absolute Gasteiger partial charge is 0.224 e. The van der Waals surface area contributed by atoms with E-state index in [1.807, 2.05) is 19.1 Å². The number of nitrogens with zero attached hydrogens (tertiary/aromatic N) is 1. The maximum atomic E-state index is 11.8. The van der Waals surface area contributed by atoms with Crippen molar-refractivity contribution < 1.29 is 4.79 Å². The first-order valence-corrected chi connectivity index (χ1v) is 7.78. The van der Waals surface area contributed by atoms with E-state index in [1.165, 1.54) is 11.1 Å². The first-order valence-electron chi connectivity index (χ1n) is 7.25. The van der Waals surface area contributed by atoms with Crippen LogP contribution in [0.1, 0.15) is 31.9 Å². The number of nitrogens with one attached hydrogen (secondary N) is 1. The molecule has 1 amide bonds. The zero-order valence-electron chi connectivity index (χ0n) is 12.7. The Morgan fingerprint density at radius 3 is 2.40 bits per heavy atom. The van der Waals surface area contributed by atoms with Gasteiger partial charge in [0.2, 0.25) is 5.91 Å². The molecule has 0 fully saturated rings. The molecule has 1 unspecified atom stereocenters. The lowest BCUT2D eigenvalue weighted by atomic mass is 10.1. The van der Waals surface area contributed by atoms with Crippen LogP contribution in [-0.2, 0) is 17.9 Å². The van der Waals surface area contributed by atoms with E-state index in [2.05, 4.69) is 36.2 Å². The van der Waals surface area contributed by atoms with E-state index in [4.69, 9.17) is 11.6 Å². The van der Waals surface area contributed by atoms with Crippen molar-refractivity contribution >= 4 is 17.5 Å². The monoisotopic (exact) mass is 296 g/mol. The minimum Gasteiger partial charge on any atom is -0.352 e. The number of benzene rings is 1. The predicted molar refractivity (Wildman–Crippen MR) is 84.8 cm³/mol. The van der Waals surface area contributed by atoms with Gasteiger partial charge in [-0.15, -0.1) is 11.6 Å². The van der Waals surface area contributed by atoms with Crippen LogP contribution in [0.3, 0.4) is 0 Å². The summed E-state index contributed by atoms with van der Waals surface area (Å²) >= 11 is 5.70. The minimum absolute atomic E-state index is 0.0117. The minimum atomic E-state index is -0.147. The molecule has 0 aliphatic carbocycles. The van der Waals surface area contributed by atoms with Gasteiger partial charge in [0.15, 0.2) is 0 Å². The van der Waals surface area contributed by atoms with Gasteiger partial charge in [-0.2, -0.15) is 0 Å². The quantitative estimate of drug-likeness (QED) is 0.748. The molecule has 1 aromatic rings. The zero-order valence-corrected chi connectivity index (χ0v) is 13.4. The highest BCUT2D eigenvalue weighted by Crippen LogP contribution is 2.12. The van der Waals surface area contributed by atoms with E-state index in [9.17, 15) is 4.79 Å². The van der Waals surface area contributed by atoms with Crippen molar-refractivity contribution in [2.24, 2.45) is 5.92 Å².